The molecule has 1 saturated heterocycles. The Labute approximate surface area is 424 Å². The Balaban J connectivity index is 2.63. The largest absolute Gasteiger partial charge is 0.465 e. The highest BCUT2D eigenvalue weighted by Crippen LogP contribution is 2.24. The lowest BCUT2D eigenvalue weighted by Crippen LogP contribution is -2.38. The van der Waals surface area contributed by atoms with E-state index in [-0.39, 0.29) is 11.9 Å². The minimum atomic E-state index is 0.00369. The molecule has 0 aromatic heterocycles. The van der Waals surface area contributed by atoms with Gasteiger partial charge in [0.25, 0.3) is 0 Å². The molecule has 0 aromatic rings. The number of nitrogens with zero attached hydrogens (tertiary/aromatic N) is 2. The first kappa shape index (κ1) is 64.4. The van der Waals surface area contributed by atoms with Crippen LogP contribution in [0.25, 0.3) is 0 Å². The number of rotatable bonds is 51. The summed E-state index contributed by atoms with van der Waals surface area (Å²) in [5, 5.41) is 0. The Kier molecular flexibility index (Phi) is 46.4. The Morgan fingerprint density at radius 3 is 1.19 bits per heavy atom. The van der Waals surface area contributed by atoms with Gasteiger partial charge in [0.15, 0.2) is 0 Å². The van der Waals surface area contributed by atoms with Gasteiger partial charge in [-0.3, -0.25) is 14.4 Å². The summed E-state index contributed by atoms with van der Waals surface area (Å²) in [5.74, 6) is 2.02. The molecule has 1 amide bonds. The smallest absolute Gasteiger partial charge is 0.305 e. The lowest BCUT2D eigenvalue weighted by Gasteiger charge is -2.31. The standard InChI is InChI=1S/C61H118N2O5/c1-6-11-16-19-26-34-46-59(64)63(52-39-51-62-49-37-29-38-50-62)53-56(42-32-24-20-22-27-35-47-60(65)67-54-57(40-14-9-4)44-30-17-12-7-2)43-33-25-21-23-28-36-48-61(66)68-55-58(41-15-10-5)45-31-18-13-8-3/h56-58H,6-55H2,1-5H3. The number of piperidine rings is 1. The molecular formula is C61H118N2O5. The van der Waals surface area contributed by atoms with Crippen molar-refractivity contribution in [1.29, 1.82) is 0 Å². The van der Waals surface area contributed by atoms with E-state index in [1.54, 1.807) is 0 Å². The monoisotopic (exact) mass is 959 g/mol. The third-order valence-electron chi connectivity index (χ3n) is 15.2. The molecule has 1 rings (SSSR count). The number of amides is 1. The molecule has 68 heavy (non-hydrogen) atoms. The van der Waals surface area contributed by atoms with Crippen LogP contribution in [0.2, 0.25) is 0 Å². The molecule has 2 atom stereocenters. The van der Waals surface area contributed by atoms with Crippen LogP contribution in [0, 0.1) is 17.8 Å². The number of carbonyl (C=O) groups is 3. The van der Waals surface area contributed by atoms with Crippen LogP contribution in [0.5, 0.6) is 0 Å². The Morgan fingerprint density at radius 1 is 0.397 bits per heavy atom. The summed E-state index contributed by atoms with van der Waals surface area (Å²) >= 11 is 0. The maximum atomic E-state index is 13.9. The van der Waals surface area contributed by atoms with Gasteiger partial charge in [-0.15, -0.1) is 0 Å². The first-order valence-electron chi connectivity index (χ1n) is 30.7. The van der Waals surface area contributed by atoms with Gasteiger partial charge in [0.1, 0.15) is 0 Å². The topological polar surface area (TPSA) is 76.2 Å². The van der Waals surface area contributed by atoms with Gasteiger partial charge in [-0.2, -0.15) is 0 Å². The van der Waals surface area contributed by atoms with Gasteiger partial charge in [0.2, 0.25) is 5.91 Å². The molecule has 7 heteroatoms. The molecule has 1 fully saturated rings. The number of esters is 2. The van der Waals surface area contributed by atoms with E-state index < -0.39 is 0 Å². The summed E-state index contributed by atoms with van der Waals surface area (Å²) in [6.07, 6.45) is 50.4. The van der Waals surface area contributed by atoms with Crippen molar-refractivity contribution in [2.45, 2.75) is 311 Å². The number of hydrogen-bond donors (Lipinski definition) is 0. The normalized spacial score (nSPS) is 14.5. The molecular weight excluding hydrogens is 841 g/mol. The second kappa shape index (κ2) is 49.0. The molecule has 0 radical (unpaired) electrons. The van der Waals surface area contributed by atoms with E-state index in [1.807, 2.05) is 0 Å². The lowest BCUT2D eigenvalue weighted by molar-refractivity contribution is -0.146. The summed E-state index contributed by atoms with van der Waals surface area (Å²) in [7, 11) is 0. The first-order valence-corrected chi connectivity index (χ1v) is 30.7. The Hall–Kier alpha value is -1.63. The van der Waals surface area contributed by atoms with Crippen molar-refractivity contribution in [3.63, 3.8) is 0 Å². The quantitative estimate of drug-likeness (QED) is 0.0447. The number of unbranched alkanes of at least 4 members (excludes halogenated alkanes) is 23. The van der Waals surface area contributed by atoms with Crippen molar-refractivity contribution >= 4 is 17.8 Å². The van der Waals surface area contributed by atoms with Crippen molar-refractivity contribution in [3.8, 4) is 0 Å². The van der Waals surface area contributed by atoms with E-state index in [9.17, 15) is 14.4 Å². The molecule has 7 nitrogen and oxygen atoms in total. The minimum absolute atomic E-state index is 0.00369. The van der Waals surface area contributed by atoms with Crippen LogP contribution in [-0.4, -0.2) is 73.6 Å². The number of likely N-dealkylation sites (tertiary alicyclic amines) is 1. The first-order chi connectivity index (χ1) is 33.4. The van der Waals surface area contributed by atoms with Crippen LogP contribution in [0.3, 0.4) is 0 Å². The SMILES string of the molecule is CCCCCCCCC(=O)N(CCCN1CCCCC1)CC(CCCCCCCCC(=O)OCC(CCCC)CCCCCC)CCCCCCCCC(=O)OCC(CCCC)CCCCCC. The van der Waals surface area contributed by atoms with Crippen LogP contribution in [-0.2, 0) is 23.9 Å². The fourth-order valence-corrected chi connectivity index (χ4v) is 10.6. The van der Waals surface area contributed by atoms with E-state index in [4.69, 9.17) is 9.47 Å². The molecule has 2 unspecified atom stereocenters. The van der Waals surface area contributed by atoms with E-state index in [1.165, 1.54) is 231 Å². The van der Waals surface area contributed by atoms with Gasteiger partial charge in [-0.25, -0.2) is 0 Å². The molecule has 0 N–H and O–H groups in total. The summed E-state index contributed by atoms with van der Waals surface area (Å²) in [6, 6.07) is 0. The fourth-order valence-electron chi connectivity index (χ4n) is 10.6. The molecule has 1 aliphatic rings. The van der Waals surface area contributed by atoms with E-state index in [2.05, 4.69) is 44.4 Å². The van der Waals surface area contributed by atoms with E-state index >= 15 is 0 Å². The molecule has 0 bridgehead atoms. The molecule has 402 valence electrons. The average Bonchev–Trinajstić information content (AvgIpc) is 3.35. The summed E-state index contributed by atoms with van der Waals surface area (Å²) in [4.78, 5) is 44.1. The molecule has 0 saturated carbocycles. The number of carbonyl (C=O) groups excluding carboxylic acids is 3. The van der Waals surface area contributed by atoms with Crippen LogP contribution in [0.15, 0.2) is 0 Å². The number of ether oxygens (including phenoxy) is 2. The fraction of sp³-hybridized carbons (Fsp3) is 0.951. The van der Waals surface area contributed by atoms with Crippen molar-refractivity contribution in [2.75, 3.05) is 45.9 Å². The van der Waals surface area contributed by atoms with Crippen LogP contribution >= 0.6 is 0 Å². The van der Waals surface area contributed by atoms with Crippen molar-refractivity contribution in [1.82, 2.24) is 9.80 Å². The average molecular weight is 960 g/mol. The Morgan fingerprint density at radius 2 is 0.750 bits per heavy atom. The van der Waals surface area contributed by atoms with Crippen LogP contribution < -0.4 is 0 Å². The molecule has 1 aliphatic heterocycles. The summed E-state index contributed by atoms with van der Waals surface area (Å²) in [6.45, 7) is 17.9. The molecule has 0 spiro atoms. The van der Waals surface area contributed by atoms with Crippen molar-refractivity contribution < 1.29 is 23.9 Å². The predicted octanol–water partition coefficient (Wildman–Crippen LogP) is 17.9. The van der Waals surface area contributed by atoms with Gasteiger partial charge in [-0.1, -0.05) is 214 Å². The van der Waals surface area contributed by atoms with Gasteiger partial charge < -0.3 is 19.3 Å². The number of hydrogen-bond acceptors (Lipinski definition) is 6. The van der Waals surface area contributed by atoms with Gasteiger partial charge >= 0.3 is 11.9 Å². The highest BCUT2D eigenvalue weighted by Gasteiger charge is 2.20. The second-order valence-corrected chi connectivity index (χ2v) is 21.9. The lowest BCUT2D eigenvalue weighted by atomic mass is 9.93. The van der Waals surface area contributed by atoms with E-state index in [0.29, 0.717) is 56.1 Å². The zero-order valence-corrected chi connectivity index (χ0v) is 46.5. The molecule has 0 aliphatic carbocycles. The highest BCUT2D eigenvalue weighted by molar-refractivity contribution is 5.76. The van der Waals surface area contributed by atoms with Gasteiger partial charge in [0.05, 0.1) is 13.2 Å². The van der Waals surface area contributed by atoms with Gasteiger partial charge in [-0.05, 0) is 114 Å². The van der Waals surface area contributed by atoms with Crippen molar-refractivity contribution in [2.24, 2.45) is 17.8 Å². The minimum Gasteiger partial charge on any atom is -0.465 e. The summed E-state index contributed by atoms with van der Waals surface area (Å²) < 4.78 is 11.6. The van der Waals surface area contributed by atoms with Crippen molar-refractivity contribution in [3.05, 3.63) is 0 Å². The van der Waals surface area contributed by atoms with Crippen LogP contribution in [0.1, 0.15) is 311 Å². The maximum Gasteiger partial charge on any atom is 0.305 e. The Bertz CT molecular complexity index is 1050. The third kappa shape index (κ3) is 40.0. The molecule has 0 aromatic carbocycles. The van der Waals surface area contributed by atoms with E-state index in [0.717, 1.165) is 58.2 Å². The predicted molar refractivity (Wildman–Crippen MR) is 292 cm³/mol. The summed E-state index contributed by atoms with van der Waals surface area (Å²) in [5.41, 5.74) is 0. The zero-order valence-electron chi connectivity index (χ0n) is 46.5. The third-order valence-corrected chi connectivity index (χ3v) is 15.2. The highest BCUT2D eigenvalue weighted by atomic mass is 16.5. The zero-order chi connectivity index (χ0) is 49.4. The molecule has 1 heterocycles. The van der Waals surface area contributed by atoms with Crippen LogP contribution in [0.4, 0.5) is 0 Å². The second-order valence-electron chi connectivity index (χ2n) is 21.9. The maximum absolute atomic E-state index is 13.9. The van der Waals surface area contributed by atoms with Gasteiger partial charge in [0, 0.05) is 32.4 Å².